The fraction of sp³-hybridized carbons (Fsp3) is 0.143. The number of aromatic nitrogens is 1. The molecule has 5 nitrogen and oxygen atoms in total. The Labute approximate surface area is 120 Å². The van der Waals surface area contributed by atoms with E-state index in [0.717, 1.165) is 0 Å². The van der Waals surface area contributed by atoms with E-state index in [1.165, 1.54) is 19.4 Å². The first-order valence-electron chi connectivity index (χ1n) is 6.02. The molecular formula is C14H13F2N3O2. The molecule has 2 rings (SSSR count). The molecule has 0 atom stereocenters. The number of hydrogen-bond acceptors (Lipinski definition) is 5. The third-order valence-corrected chi connectivity index (χ3v) is 2.46. The Morgan fingerprint density at radius 1 is 1.24 bits per heavy atom. The highest BCUT2D eigenvalue weighted by molar-refractivity contribution is 5.81. The minimum Gasteiger partial charge on any atom is -0.493 e. The van der Waals surface area contributed by atoms with Gasteiger partial charge in [0.15, 0.2) is 11.5 Å². The fourth-order valence-electron chi connectivity index (χ4n) is 1.56. The van der Waals surface area contributed by atoms with E-state index in [-0.39, 0.29) is 11.5 Å². The van der Waals surface area contributed by atoms with Crippen LogP contribution >= 0.6 is 0 Å². The monoisotopic (exact) mass is 293 g/mol. The van der Waals surface area contributed by atoms with Crippen molar-refractivity contribution < 1.29 is 18.3 Å². The van der Waals surface area contributed by atoms with Crippen LogP contribution in [-0.4, -0.2) is 24.9 Å². The van der Waals surface area contributed by atoms with Crippen LogP contribution in [0.1, 0.15) is 5.56 Å². The number of rotatable bonds is 6. The zero-order valence-corrected chi connectivity index (χ0v) is 11.2. The van der Waals surface area contributed by atoms with Crippen LogP contribution in [0.5, 0.6) is 11.5 Å². The van der Waals surface area contributed by atoms with E-state index in [1.54, 1.807) is 30.5 Å². The van der Waals surface area contributed by atoms with Gasteiger partial charge in [0.2, 0.25) is 0 Å². The number of hydrazone groups is 1. The molecule has 0 aliphatic carbocycles. The van der Waals surface area contributed by atoms with Crippen LogP contribution in [0.4, 0.5) is 14.6 Å². The molecule has 0 fully saturated rings. The lowest BCUT2D eigenvalue weighted by atomic mass is 10.2. The van der Waals surface area contributed by atoms with Gasteiger partial charge in [0, 0.05) is 6.20 Å². The highest BCUT2D eigenvalue weighted by Gasteiger charge is 2.10. The molecule has 0 unspecified atom stereocenters. The largest absolute Gasteiger partial charge is 0.493 e. The molecule has 0 aliphatic rings. The van der Waals surface area contributed by atoms with E-state index in [2.05, 4.69) is 20.2 Å². The number of halogens is 2. The second-order valence-corrected chi connectivity index (χ2v) is 3.87. The molecule has 1 N–H and O–H groups in total. The number of alkyl halides is 2. The van der Waals surface area contributed by atoms with E-state index in [4.69, 9.17) is 4.74 Å². The van der Waals surface area contributed by atoms with Crippen molar-refractivity contribution in [1.82, 2.24) is 4.98 Å². The first kappa shape index (κ1) is 14.7. The molecule has 0 radical (unpaired) electrons. The Bertz CT molecular complexity index is 606. The number of nitrogens with one attached hydrogen (secondary N) is 1. The van der Waals surface area contributed by atoms with Gasteiger partial charge in [-0.25, -0.2) is 4.98 Å². The summed E-state index contributed by atoms with van der Waals surface area (Å²) in [5.74, 6) is 0.776. The first-order chi connectivity index (χ1) is 10.2. The minimum absolute atomic E-state index is 0.0256. The van der Waals surface area contributed by atoms with Gasteiger partial charge in [0.1, 0.15) is 5.82 Å². The van der Waals surface area contributed by atoms with Crippen LogP contribution in [0.2, 0.25) is 0 Å². The van der Waals surface area contributed by atoms with E-state index in [9.17, 15) is 8.78 Å². The predicted octanol–water partition coefficient (Wildman–Crippen LogP) is 3.14. The van der Waals surface area contributed by atoms with E-state index >= 15 is 0 Å². The van der Waals surface area contributed by atoms with Crippen molar-refractivity contribution in [3.63, 3.8) is 0 Å². The standard InChI is InChI=1S/C14H13F2N3O2/c1-20-12-8-10(5-6-11(12)21-14(15)16)9-18-19-13-4-2-3-7-17-13/h2-9,14H,1H3,(H,17,19)/b18-9+. The molecule has 1 aromatic heterocycles. The topological polar surface area (TPSA) is 55.7 Å². The predicted molar refractivity (Wildman–Crippen MR) is 75.1 cm³/mol. The molecule has 110 valence electrons. The number of methoxy groups -OCH3 is 1. The maximum Gasteiger partial charge on any atom is 0.387 e. The minimum atomic E-state index is -2.90. The summed E-state index contributed by atoms with van der Waals surface area (Å²) >= 11 is 0. The second kappa shape index (κ2) is 7.18. The summed E-state index contributed by atoms with van der Waals surface area (Å²) in [5.41, 5.74) is 3.41. The smallest absolute Gasteiger partial charge is 0.387 e. The number of hydrogen-bond donors (Lipinski definition) is 1. The third-order valence-electron chi connectivity index (χ3n) is 2.46. The van der Waals surface area contributed by atoms with Crippen LogP contribution in [0.15, 0.2) is 47.7 Å². The third kappa shape index (κ3) is 4.41. The van der Waals surface area contributed by atoms with E-state index < -0.39 is 6.61 Å². The maximum absolute atomic E-state index is 12.2. The van der Waals surface area contributed by atoms with E-state index in [0.29, 0.717) is 11.4 Å². The van der Waals surface area contributed by atoms with Gasteiger partial charge >= 0.3 is 6.61 Å². The molecule has 0 saturated carbocycles. The Hall–Kier alpha value is -2.70. The first-order valence-corrected chi connectivity index (χ1v) is 6.02. The van der Waals surface area contributed by atoms with Crippen molar-refractivity contribution in [2.24, 2.45) is 5.10 Å². The van der Waals surface area contributed by atoms with Crippen LogP contribution < -0.4 is 14.9 Å². The van der Waals surface area contributed by atoms with Gasteiger partial charge in [0.25, 0.3) is 0 Å². The lowest BCUT2D eigenvalue weighted by Crippen LogP contribution is -2.03. The normalized spacial score (nSPS) is 10.9. The van der Waals surface area contributed by atoms with Crippen LogP contribution in [-0.2, 0) is 0 Å². The van der Waals surface area contributed by atoms with Gasteiger partial charge in [0.05, 0.1) is 13.3 Å². The molecule has 21 heavy (non-hydrogen) atoms. The zero-order valence-electron chi connectivity index (χ0n) is 11.2. The molecule has 1 heterocycles. The van der Waals surface area contributed by atoms with Gasteiger partial charge in [-0.15, -0.1) is 0 Å². The summed E-state index contributed by atoms with van der Waals surface area (Å²) in [5, 5.41) is 4.00. The quantitative estimate of drug-likeness (QED) is 0.656. The Morgan fingerprint density at radius 2 is 2.10 bits per heavy atom. The molecule has 0 spiro atoms. The van der Waals surface area contributed by atoms with Crippen molar-refractivity contribution >= 4 is 12.0 Å². The summed E-state index contributed by atoms with van der Waals surface area (Å²) in [6, 6.07) is 9.90. The van der Waals surface area contributed by atoms with Gasteiger partial charge in [-0.05, 0) is 35.9 Å². The molecule has 0 saturated heterocycles. The van der Waals surface area contributed by atoms with Crippen LogP contribution in [0.3, 0.4) is 0 Å². The van der Waals surface area contributed by atoms with Crippen molar-refractivity contribution in [1.29, 1.82) is 0 Å². The van der Waals surface area contributed by atoms with Gasteiger partial charge in [-0.1, -0.05) is 6.07 Å². The molecule has 0 amide bonds. The summed E-state index contributed by atoms with van der Waals surface area (Å²) < 4.78 is 33.7. The zero-order chi connectivity index (χ0) is 15.1. The summed E-state index contributed by atoms with van der Waals surface area (Å²) in [6.07, 6.45) is 3.15. The van der Waals surface area contributed by atoms with Crippen LogP contribution in [0, 0.1) is 0 Å². The number of nitrogens with zero attached hydrogens (tertiary/aromatic N) is 2. The highest BCUT2D eigenvalue weighted by atomic mass is 19.3. The molecule has 0 bridgehead atoms. The second-order valence-electron chi connectivity index (χ2n) is 3.87. The molecule has 1 aromatic carbocycles. The van der Waals surface area contributed by atoms with Gasteiger partial charge in [-0.3, -0.25) is 5.43 Å². The van der Waals surface area contributed by atoms with E-state index in [1.807, 2.05) is 6.07 Å². The number of anilines is 1. The average molecular weight is 293 g/mol. The lowest BCUT2D eigenvalue weighted by molar-refractivity contribution is -0.0512. The molecule has 0 aliphatic heterocycles. The summed E-state index contributed by atoms with van der Waals surface area (Å²) in [7, 11) is 1.38. The summed E-state index contributed by atoms with van der Waals surface area (Å²) in [6.45, 7) is -2.90. The van der Waals surface area contributed by atoms with Gasteiger partial charge in [-0.2, -0.15) is 13.9 Å². The van der Waals surface area contributed by atoms with Crippen LogP contribution in [0.25, 0.3) is 0 Å². The fourth-order valence-corrected chi connectivity index (χ4v) is 1.56. The maximum atomic E-state index is 12.2. The van der Waals surface area contributed by atoms with Crippen molar-refractivity contribution in [2.75, 3.05) is 12.5 Å². The van der Waals surface area contributed by atoms with Gasteiger partial charge < -0.3 is 9.47 Å². The van der Waals surface area contributed by atoms with Crippen molar-refractivity contribution in [3.05, 3.63) is 48.2 Å². The van der Waals surface area contributed by atoms with Crippen molar-refractivity contribution in [3.8, 4) is 11.5 Å². The molecular weight excluding hydrogens is 280 g/mol. The lowest BCUT2D eigenvalue weighted by Gasteiger charge is -2.09. The van der Waals surface area contributed by atoms with Crippen molar-refractivity contribution in [2.45, 2.75) is 6.61 Å². The SMILES string of the molecule is COc1cc(/C=N/Nc2ccccn2)ccc1OC(F)F. The molecule has 7 heteroatoms. The summed E-state index contributed by atoms with van der Waals surface area (Å²) in [4.78, 5) is 4.04. The Morgan fingerprint density at radius 3 is 2.76 bits per heavy atom. The molecule has 2 aromatic rings. The average Bonchev–Trinajstić information content (AvgIpc) is 2.49. The number of ether oxygens (including phenoxy) is 2. The Balaban J connectivity index is 2.06. The Kier molecular flexibility index (Phi) is 5.03. The highest BCUT2D eigenvalue weighted by Crippen LogP contribution is 2.28. The number of benzene rings is 1. The number of pyridine rings is 1.